The number of hydrogen-bond acceptors (Lipinski definition) is 0. The quantitative estimate of drug-likeness (QED) is 0.643. The van der Waals surface area contributed by atoms with E-state index in [2.05, 4.69) is 27.4 Å². The molecule has 1 aromatic rings. The molecule has 0 aliphatic heterocycles. The third kappa shape index (κ3) is 3.22. The molecule has 2 aliphatic rings. The van der Waals surface area contributed by atoms with Gasteiger partial charge in [-0.25, -0.2) is 0 Å². The van der Waals surface area contributed by atoms with E-state index in [0.717, 1.165) is 11.8 Å². The first kappa shape index (κ1) is 13.6. The molecule has 0 aromatic heterocycles. The van der Waals surface area contributed by atoms with Gasteiger partial charge in [0.05, 0.1) is 0 Å². The highest BCUT2D eigenvalue weighted by Gasteiger charge is 2.23. The summed E-state index contributed by atoms with van der Waals surface area (Å²) in [6, 6.07) is 7.23. The van der Waals surface area contributed by atoms with E-state index in [4.69, 9.17) is 0 Å². The van der Waals surface area contributed by atoms with E-state index in [0.29, 0.717) is 0 Å². The summed E-state index contributed by atoms with van der Waals surface area (Å²) >= 11 is 0. The summed E-state index contributed by atoms with van der Waals surface area (Å²) in [5.74, 6) is 1.71. The molecule has 0 spiro atoms. The van der Waals surface area contributed by atoms with Gasteiger partial charge in [0, 0.05) is 0 Å². The lowest BCUT2D eigenvalue weighted by Crippen LogP contribution is -2.14. The highest BCUT2D eigenvalue weighted by molar-refractivity contribution is 7.27. The van der Waals surface area contributed by atoms with Crippen LogP contribution in [0.3, 0.4) is 0 Å². The smallest absolute Gasteiger partial charge is 0.0159 e. The van der Waals surface area contributed by atoms with Crippen molar-refractivity contribution in [2.24, 2.45) is 0 Å². The molecule has 0 N–H and O–H groups in total. The first-order valence-corrected chi connectivity index (χ1v) is 8.81. The zero-order chi connectivity index (χ0) is 13.1. The highest BCUT2D eigenvalue weighted by Crippen LogP contribution is 2.40. The molecule has 1 atom stereocenters. The zero-order valence-corrected chi connectivity index (χ0v) is 13.2. The van der Waals surface area contributed by atoms with Crippen LogP contribution in [-0.2, 0) is 0 Å². The summed E-state index contributed by atoms with van der Waals surface area (Å²) in [4.78, 5) is 0. The monoisotopic (exact) mass is 274 g/mol. The molecule has 0 saturated heterocycles. The minimum atomic E-state index is 0.853. The van der Waals surface area contributed by atoms with Gasteiger partial charge >= 0.3 is 0 Å². The Labute approximate surface area is 120 Å². The summed E-state index contributed by atoms with van der Waals surface area (Å²) in [5, 5.41) is 1.38. The van der Waals surface area contributed by atoms with Crippen LogP contribution in [0, 0.1) is 0 Å². The summed E-state index contributed by atoms with van der Waals surface area (Å²) in [5.41, 5.74) is 3.41. The van der Waals surface area contributed by atoms with E-state index in [9.17, 15) is 0 Å². The Morgan fingerprint density at radius 3 is 1.79 bits per heavy atom. The van der Waals surface area contributed by atoms with Gasteiger partial charge in [0.1, 0.15) is 0 Å². The average Bonchev–Trinajstić information content (AvgIpc) is 2.49. The Morgan fingerprint density at radius 2 is 1.21 bits per heavy atom. The van der Waals surface area contributed by atoms with Crippen molar-refractivity contribution in [3.63, 3.8) is 0 Å². The SMILES string of the molecule is Pc1ccc(C2CCCCC2)c(C2CCCCC2)c1. The van der Waals surface area contributed by atoms with Crippen LogP contribution < -0.4 is 5.30 Å². The molecule has 104 valence electrons. The van der Waals surface area contributed by atoms with E-state index in [1.54, 1.807) is 11.1 Å². The van der Waals surface area contributed by atoms with E-state index < -0.39 is 0 Å². The van der Waals surface area contributed by atoms with E-state index >= 15 is 0 Å². The fraction of sp³-hybridized carbons (Fsp3) is 0.667. The predicted octanol–water partition coefficient (Wildman–Crippen LogP) is 5.28. The summed E-state index contributed by atoms with van der Waals surface area (Å²) in [6.07, 6.45) is 14.4. The minimum Gasteiger partial charge on any atom is -0.106 e. The van der Waals surface area contributed by atoms with Gasteiger partial charge < -0.3 is 0 Å². The van der Waals surface area contributed by atoms with E-state index in [1.807, 2.05) is 0 Å². The topological polar surface area (TPSA) is 0 Å². The van der Waals surface area contributed by atoms with Gasteiger partial charge in [0.2, 0.25) is 0 Å². The van der Waals surface area contributed by atoms with Crippen molar-refractivity contribution in [1.82, 2.24) is 0 Å². The molecule has 1 unspecified atom stereocenters. The standard InChI is InChI=1S/C18H27P/c19-16-11-12-17(14-7-3-1-4-8-14)18(13-16)15-9-5-2-6-10-15/h11-15H,1-10,19H2. The van der Waals surface area contributed by atoms with Gasteiger partial charge in [-0.2, -0.15) is 0 Å². The lowest BCUT2D eigenvalue weighted by atomic mass is 9.76. The largest absolute Gasteiger partial charge is 0.106 e. The van der Waals surface area contributed by atoms with Crippen molar-refractivity contribution >= 4 is 14.5 Å². The van der Waals surface area contributed by atoms with Crippen LogP contribution in [0.1, 0.15) is 87.2 Å². The molecule has 0 heterocycles. The summed E-state index contributed by atoms with van der Waals surface area (Å²) in [6.45, 7) is 0. The summed E-state index contributed by atoms with van der Waals surface area (Å²) < 4.78 is 0. The molecular formula is C18H27P. The lowest BCUT2D eigenvalue weighted by Gasteiger charge is -2.30. The Balaban J connectivity index is 1.88. The van der Waals surface area contributed by atoms with Crippen LogP contribution in [0.25, 0.3) is 0 Å². The van der Waals surface area contributed by atoms with Crippen molar-refractivity contribution < 1.29 is 0 Å². The van der Waals surface area contributed by atoms with Crippen LogP contribution in [0.4, 0.5) is 0 Å². The first-order chi connectivity index (χ1) is 9.34. The third-order valence-electron chi connectivity index (χ3n) is 5.20. The van der Waals surface area contributed by atoms with Crippen molar-refractivity contribution in [2.45, 2.75) is 76.0 Å². The molecule has 1 aromatic carbocycles. The Morgan fingerprint density at radius 1 is 0.684 bits per heavy atom. The van der Waals surface area contributed by atoms with Gasteiger partial charge in [-0.3, -0.25) is 0 Å². The van der Waals surface area contributed by atoms with Crippen LogP contribution >= 0.6 is 9.24 Å². The Kier molecular flexibility index (Phi) is 4.59. The molecule has 2 aliphatic carbocycles. The molecule has 0 radical (unpaired) electrons. The van der Waals surface area contributed by atoms with Crippen molar-refractivity contribution in [3.05, 3.63) is 29.3 Å². The molecule has 1 heteroatoms. The van der Waals surface area contributed by atoms with E-state index in [1.165, 1.54) is 69.5 Å². The molecule has 0 bridgehead atoms. The molecule has 0 nitrogen and oxygen atoms in total. The third-order valence-corrected chi connectivity index (χ3v) is 5.56. The normalized spacial score (nSPS) is 22.6. The fourth-order valence-electron chi connectivity index (χ4n) is 4.15. The van der Waals surface area contributed by atoms with Gasteiger partial charge in [0.15, 0.2) is 0 Å². The predicted molar refractivity (Wildman–Crippen MR) is 87.4 cm³/mol. The first-order valence-electron chi connectivity index (χ1n) is 8.24. The second-order valence-corrected chi connectivity index (χ2v) is 7.22. The Bertz CT molecular complexity index is 412. The highest BCUT2D eigenvalue weighted by atomic mass is 31.0. The maximum Gasteiger partial charge on any atom is -0.0159 e. The van der Waals surface area contributed by atoms with Gasteiger partial charge in [0.25, 0.3) is 0 Å². The van der Waals surface area contributed by atoms with Crippen molar-refractivity contribution in [2.75, 3.05) is 0 Å². The zero-order valence-electron chi connectivity index (χ0n) is 12.0. The molecule has 2 saturated carbocycles. The van der Waals surface area contributed by atoms with Crippen molar-refractivity contribution in [1.29, 1.82) is 0 Å². The molecule has 2 fully saturated rings. The molecule has 3 rings (SSSR count). The number of benzene rings is 1. The van der Waals surface area contributed by atoms with Crippen LogP contribution in [0.2, 0.25) is 0 Å². The van der Waals surface area contributed by atoms with Crippen LogP contribution in [-0.4, -0.2) is 0 Å². The molecular weight excluding hydrogens is 247 g/mol. The van der Waals surface area contributed by atoms with Crippen molar-refractivity contribution in [3.8, 4) is 0 Å². The maximum absolute atomic E-state index is 2.89. The Hall–Kier alpha value is -0.350. The van der Waals surface area contributed by atoms with Gasteiger partial charge in [-0.1, -0.05) is 56.7 Å². The maximum atomic E-state index is 2.89. The van der Waals surface area contributed by atoms with Crippen LogP contribution in [0.5, 0.6) is 0 Å². The minimum absolute atomic E-state index is 0.853. The second kappa shape index (κ2) is 6.40. The number of rotatable bonds is 2. The molecule has 19 heavy (non-hydrogen) atoms. The van der Waals surface area contributed by atoms with E-state index in [-0.39, 0.29) is 0 Å². The van der Waals surface area contributed by atoms with Gasteiger partial charge in [-0.05, 0) is 54.0 Å². The lowest BCUT2D eigenvalue weighted by molar-refractivity contribution is 0.419. The summed E-state index contributed by atoms with van der Waals surface area (Å²) in [7, 11) is 2.89. The van der Waals surface area contributed by atoms with Gasteiger partial charge in [-0.15, -0.1) is 9.24 Å². The molecule has 0 amide bonds. The second-order valence-electron chi connectivity index (χ2n) is 6.56. The number of hydrogen-bond donors (Lipinski definition) is 0. The fourth-order valence-corrected chi connectivity index (χ4v) is 4.42. The average molecular weight is 274 g/mol. The van der Waals surface area contributed by atoms with Crippen LogP contribution in [0.15, 0.2) is 18.2 Å².